The number of hydrogen-bond donors (Lipinski definition) is 4. The molecule has 4 N–H and O–H groups in total. The van der Waals surface area contributed by atoms with Crippen LogP contribution in [0.1, 0.15) is 79.1 Å². The summed E-state index contributed by atoms with van der Waals surface area (Å²) >= 11 is 0. The van der Waals surface area contributed by atoms with E-state index in [1.807, 2.05) is 19.1 Å². The van der Waals surface area contributed by atoms with Crippen molar-refractivity contribution in [2.45, 2.75) is 103 Å². The van der Waals surface area contributed by atoms with E-state index < -0.39 is 23.9 Å². The summed E-state index contributed by atoms with van der Waals surface area (Å²) in [5.74, 6) is 1.61. The molecular formula is C30H46O4. The fraction of sp³-hybridized carbons (Fsp3) is 0.667. The van der Waals surface area contributed by atoms with Crippen molar-refractivity contribution in [1.29, 1.82) is 0 Å². The number of allylic oxidation sites excluding steroid dienone is 6. The molecule has 3 fully saturated rings. The van der Waals surface area contributed by atoms with Crippen LogP contribution in [-0.2, 0) is 0 Å². The van der Waals surface area contributed by atoms with E-state index in [0.29, 0.717) is 37.0 Å². The van der Waals surface area contributed by atoms with Crippen molar-refractivity contribution in [1.82, 2.24) is 0 Å². The van der Waals surface area contributed by atoms with Crippen molar-refractivity contribution in [2.75, 3.05) is 0 Å². The van der Waals surface area contributed by atoms with Gasteiger partial charge in [0.15, 0.2) is 0 Å². The molecule has 8 atom stereocenters. The van der Waals surface area contributed by atoms with Crippen LogP contribution < -0.4 is 0 Å². The van der Waals surface area contributed by atoms with Gasteiger partial charge in [-0.2, -0.15) is 0 Å². The lowest BCUT2D eigenvalue weighted by Gasteiger charge is -2.44. The highest BCUT2D eigenvalue weighted by Gasteiger charge is 2.50. The Morgan fingerprint density at radius 2 is 1.91 bits per heavy atom. The Hall–Kier alpha value is -1.46. The van der Waals surface area contributed by atoms with Gasteiger partial charge in [-0.25, -0.2) is 0 Å². The quantitative estimate of drug-likeness (QED) is 0.376. The van der Waals surface area contributed by atoms with E-state index in [-0.39, 0.29) is 5.41 Å². The molecule has 34 heavy (non-hydrogen) atoms. The van der Waals surface area contributed by atoms with Gasteiger partial charge in [0.05, 0.1) is 18.3 Å². The minimum absolute atomic E-state index is 0.266. The number of fused-ring (bicyclic) bond motifs is 1. The summed E-state index contributed by atoms with van der Waals surface area (Å²) < 4.78 is 0. The Kier molecular flexibility index (Phi) is 8.84. The molecule has 4 heteroatoms. The Morgan fingerprint density at radius 1 is 1.18 bits per heavy atom. The SMILES string of the molecule is C=C1/C(=C\C=C2/CCC[C@]3(C)[C@@H]([C@H](C)/C=C/C=C/[C@](O)(CC)[C@H](C)O)CC[C@@H]23)C[C@@H](O)C[C@@H]1O. The Bertz CT molecular complexity index is 850. The van der Waals surface area contributed by atoms with Gasteiger partial charge in [0.25, 0.3) is 0 Å². The number of aliphatic hydroxyl groups is 4. The number of aliphatic hydroxyl groups excluding tert-OH is 3. The molecule has 3 rings (SSSR count). The maximum Gasteiger partial charge on any atom is 0.108 e. The average molecular weight is 471 g/mol. The van der Waals surface area contributed by atoms with E-state index >= 15 is 0 Å². The smallest absolute Gasteiger partial charge is 0.108 e. The first-order valence-electron chi connectivity index (χ1n) is 13.2. The van der Waals surface area contributed by atoms with Gasteiger partial charge in [0.1, 0.15) is 5.60 Å². The molecule has 0 bridgehead atoms. The zero-order valence-electron chi connectivity index (χ0n) is 21.6. The molecule has 4 nitrogen and oxygen atoms in total. The summed E-state index contributed by atoms with van der Waals surface area (Å²) in [4.78, 5) is 0. The second kappa shape index (κ2) is 11.1. The zero-order valence-corrected chi connectivity index (χ0v) is 21.6. The van der Waals surface area contributed by atoms with E-state index in [2.05, 4.69) is 38.7 Å². The molecule has 0 aromatic carbocycles. The van der Waals surface area contributed by atoms with Crippen LogP contribution in [0, 0.1) is 23.2 Å². The van der Waals surface area contributed by atoms with Crippen LogP contribution in [0.4, 0.5) is 0 Å². The lowest BCUT2D eigenvalue weighted by molar-refractivity contribution is -0.0314. The third-order valence-corrected chi connectivity index (χ3v) is 9.14. The summed E-state index contributed by atoms with van der Waals surface area (Å²) in [6.07, 6.45) is 17.7. The van der Waals surface area contributed by atoms with Crippen molar-refractivity contribution in [3.05, 3.63) is 59.8 Å². The molecule has 3 saturated carbocycles. The van der Waals surface area contributed by atoms with Gasteiger partial charge in [-0.15, -0.1) is 0 Å². The fourth-order valence-electron chi connectivity index (χ4n) is 6.76. The second-order valence-electron chi connectivity index (χ2n) is 11.3. The molecule has 0 aromatic rings. The van der Waals surface area contributed by atoms with Crippen molar-refractivity contribution in [2.24, 2.45) is 23.2 Å². The first kappa shape index (κ1) is 27.1. The van der Waals surface area contributed by atoms with Crippen molar-refractivity contribution >= 4 is 0 Å². The van der Waals surface area contributed by atoms with Crippen LogP contribution in [0.3, 0.4) is 0 Å². The first-order chi connectivity index (χ1) is 16.0. The molecule has 0 aliphatic heterocycles. The monoisotopic (exact) mass is 470 g/mol. The molecule has 0 amide bonds. The summed E-state index contributed by atoms with van der Waals surface area (Å²) in [5.41, 5.74) is 2.33. The van der Waals surface area contributed by atoms with Crippen LogP contribution in [0.2, 0.25) is 0 Å². The van der Waals surface area contributed by atoms with Gasteiger partial charge >= 0.3 is 0 Å². The van der Waals surface area contributed by atoms with E-state index in [1.165, 1.54) is 31.3 Å². The van der Waals surface area contributed by atoms with Crippen molar-refractivity contribution in [3.63, 3.8) is 0 Å². The molecule has 0 unspecified atom stereocenters. The number of hydrogen-bond acceptors (Lipinski definition) is 4. The second-order valence-corrected chi connectivity index (χ2v) is 11.3. The summed E-state index contributed by atoms with van der Waals surface area (Å²) in [6, 6.07) is 0. The molecule has 0 saturated heterocycles. The summed E-state index contributed by atoms with van der Waals surface area (Å²) in [7, 11) is 0. The van der Waals surface area contributed by atoms with Crippen molar-refractivity contribution < 1.29 is 20.4 Å². The molecule has 0 heterocycles. The lowest BCUT2D eigenvalue weighted by atomic mass is 9.61. The Labute approximate surface area is 206 Å². The molecule has 3 aliphatic carbocycles. The van der Waals surface area contributed by atoms with E-state index in [9.17, 15) is 20.4 Å². The van der Waals surface area contributed by atoms with E-state index in [0.717, 1.165) is 17.6 Å². The van der Waals surface area contributed by atoms with Gasteiger partial charge in [0.2, 0.25) is 0 Å². The van der Waals surface area contributed by atoms with Gasteiger partial charge in [-0.1, -0.05) is 69.4 Å². The maximum absolute atomic E-state index is 10.5. The highest BCUT2D eigenvalue weighted by molar-refractivity contribution is 5.38. The average Bonchev–Trinajstić information content (AvgIpc) is 3.15. The maximum atomic E-state index is 10.5. The van der Waals surface area contributed by atoms with Gasteiger partial charge in [0, 0.05) is 6.42 Å². The van der Waals surface area contributed by atoms with Gasteiger partial charge in [-0.3, -0.25) is 0 Å². The lowest BCUT2D eigenvalue weighted by Crippen LogP contribution is -2.37. The molecule has 0 radical (unpaired) electrons. The minimum atomic E-state index is -1.18. The van der Waals surface area contributed by atoms with Gasteiger partial charge in [-0.05, 0) is 86.2 Å². The highest BCUT2D eigenvalue weighted by Crippen LogP contribution is 2.59. The van der Waals surface area contributed by atoms with E-state index in [4.69, 9.17) is 0 Å². The molecule has 3 aliphatic rings. The zero-order chi connectivity index (χ0) is 25.1. The third-order valence-electron chi connectivity index (χ3n) is 9.14. The van der Waals surface area contributed by atoms with Gasteiger partial charge < -0.3 is 20.4 Å². The molecule has 190 valence electrons. The van der Waals surface area contributed by atoms with Crippen molar-refractivity contribution in [3.8, 4) is 0 Å². The fourth-order valence-corrected chi connectivity index (χ4v) is 6.76. The summed E-state index contributed by atoms with van der Waals surface area (Å²) in [6.45, 7) is 12.3. The predicted molar refractivity (Wildman–Crippen MR) is 139 cm³/mol. The Balaban J connectivity index is 1.72. The van der Waals surface area contributed by atoms with Crippen LogP contribution in [-0.4, -0.2) is 44.3 Å². The first-order valence-corrected chi connectivity index (χ1v) is 13.2. The van der Waals surface area contributed by atoms with E-state index in [1.54, 1.807) is 13.0 Å². The predicted octanol–water partition coefficient (Wildman–Crippen LogP) is 5.40. The van der Waals surface area contributed by atoms with Crippen LogP contribution >= 0.6 is 0 Å². The molecular weight excluding hydrogens is 424 g/mol. The van der Waals surface area contributed by atoms with Crippen LogP contribution in [0.5, 0.6) is 0 Å². The third kappa shape index (κ3) is 5.67. The standard InChI is InChI=1S/C30H46O4/c1-6-30(34,22(4)31)17-8-7-10-20(2)26-14-15-27-23(11-9-16-29(26,27)5)12-13-24-18-25(32)19-28(33)21(24)3/h7-8,10,12-13,17,20,22,25-28,31-34H,3,6,9,11,14-16,18-19H2,1-2,4-5H3/b10-7+,17-8+,23-12+,24-13-/t20-,22+,25-,26-,27+,28+,29-,30-/m1/s1. The molecule has 0 aromatic heterocycles. The minimum Gasteiger partial charge on any atom is -0.393 e. The number of rotatable bonds is 7. The Morgan fingerprint density at radius 3 is 2.59 bits per heavy atom. The highest BCUT2D eigenvalue weighted by atomic mass is 16.3. The normalized spacial score (nSPS) is 38.5. The van der Waals surface area contributed by atoms with Crippen LogP contribution in [0.25, 0.3) is 0 Å². The summed E-state index contributed by atoms with van der Waals surface area (Å²) in [5, 5.41) is 40.5. The van der Waals surface area contributed by atoms with Crippen LogP contribution in [0.15, 0.2) is 59.8 Å². The largest absolute Gasteiger partial charge is 0.393 e. The topological polar surface area (TPSA) is 80.9 Å². The molecule has 0 spiro atoms.